The van der Waals surface area contributed by atoms with Crippen LogP contribution in [0.2, 0.25) is 0 Å². The first-order valence-corrected chi connectivity index (χ1v) is 10.8. The molecule has 0 bridgehead atoms. The summed E-state index contributed by atoms with van der Waals surface area (Å²) in [5.74, 6) is -0.273. The molecule has 0 atom stereocenters. The minimum absolute atomic E-state index is 0.197. The van der Waals surface area contributed by atoms with Gasteiger partial charge in [-0.15, -0.1) is 0 Å². The minimum atomic E-state index is -0.995. The number of nitrogens with one attached hydrogen (secondary N) is 1. The van der Waals surface area contributed by atoms with Crippen LogP contribution in [-0.2, 0) is 13.0 Å². The van der Waals surface area contributed by atoms with Gasteiger partial charge in [-0.1, -0.05) is 60.7 Å². The number of benzene rings is 3. The molecule has 0 spiro atoms. The molecular formula is C27H21N3O4. The summed E-state index contributed by atoms with van der Waals surface area (Å²) < 4.78 is 7.37. The fraction of sp³-hybridized carbons (Fsp3) is 0.0741. The molecule has 2 heterocycles. The van der Waals surface area contributed by atoms with E-state index >= 15 is 0 Å². The van der Waals surface area contributed by atoms with Crippen LogP contribution in [0.4, 0.5) is 0 Å². The lowest BCUT2D eigenvalue weighted by Gasteiger charge is -2.07. The standard InChI is InChI=1S/C27H21N3O4/c31-24-16-21(15-18-8-7-11-20(14-18)27(32)33)28-26-25(19-9-3-1-4-10-19)23(29-30(24)26)17-34-22-12-5-2-6-13-22/h1-14,16,29H,15,17H2,(H,32,33). The quantitative estimate of drug-likeness (QED) is 0.378. The Morgan fingerprint density at radius 1 is 0.941 bits per heavy atom. The first-order valence-electron chi connectivity index (χ1n) is 10.8. The number of rotatable bonds is 7. The van der Waals surface area contributed by atoms with Crippen LogP contribution in [0.1, 0.15) is 27.3 Å². The number of aromatic carboxylic acids is 1. The van der Waals surface area contributed by atoms with Gasteiger partial charge < -0.3 is 9.84 Å². The van der Waals surface area contributed by atoms with Crippen LogP contribution in [0.15, 0.2) is 95.8 Å². The van der Waals surface area contributed by atoms with Gasteiger partial charge >= 0.3 is 5.97 Å². The SMILES string of the molecule is O=C(O)c1cccc(Cc2cc(=O)n3[nH]c(COc4ccccc4)c(-c4ccccc4)c3n2)c1. The Hall–Kier alpha value is -4.65. The van der Waals surface area contributed by atoms with E-state index in [1.807, 2.05) is 66.7 Å². The predicted octanol–water partition coefficient (Wildman–Crippen LogP) is 4.56. The van der Waals surface area contributed by atoms with E-state index in [4.69, 9.17) is 9.72 Å². The zero-order valence-electron chi connectivity index (χ0n) is 18.1. The molecule has 3 aromatic carbocycles. The summed E-state index contributed by atoms with van der Waals surface area (Å²) in [7, 11) is 0. The highest BCUT2D eigenvalue weighted by atomic mass is 16.5. The maximum atomic E-state index is 13.0. The molecule has 7 heteroatoms. The molecule has 7 nitrogen and oxygen atoms in total. The summed E-state index contributed by atoms with van der Waals surface area (Å²) in [6.45, 7) is 0.229. The van der Waals surface area contributed by atoms with Crippen molar-refractivity contribution in [2.24, 2.45) is 0 Å². The van der Waals surface area contributed by atoms with E-state index in [1.165, 1.54) is 16.6 Å². The Kier molecular flexibility index (Phi) is 5.66. The van der Waals surface area contributed by atoms with Gasteiger partial charge in [0.1, 0.15) is 12.4 Å². The van der Waals surface area contributed by atoms with Gasteiger partial charge in [0.25, 0.3) is 5.56 Å². The number of carbonyl (C=O) groups is 1. The molecule has 0 saturated heterocycles. The van der Waals surface area contributed by atoms with Crippen molar-refractivity contribution in [3.63, 3.8) is 0 Å². The third-order valence-electron chi connectivity index (χ3n) is 5.49. The Balaban J connectivity index is 1.58. The predicted molar refractivity (Wildman–Crippen MR) is 128 cm³/mol. The van der Waals surface area contributed by atoms with Crippen molar-refractivity contribution in [1.82, 2.24) is 14.6 Å². The van der Waals surface area contributed by atoms with E-state index in [0.717, 1.165) is 28.1 Å². The van der Waals surface area contributed by atoms with Gasteiger partial charge in [-0.3, -0.25) is 9.89 Å². The average molecular weight is 451 g/mol. The highest BCUT2D eigenvalue weighted by Gasteiger charge is 2.18. The zero-order chi connectivity index (χ0) is 23.5. The second kappa shape index (κ2) is 9.07. The van der Waals surface area contributed by atoms with Crippen LogP contribution in [0.25, 0.3) is 16.8 Å². The minimum Gasteiger partial charge on any atom is -0.487 e. The fourth-order valence-corrected chi connectivity index (χ4v) is 3.93. The van der Waals surface area contributed by atoms with Gasteiger partial charge in [0.05, 0.1) is 22.5 Å². The number of hydrogen-bond donors (Lipinski definition) is 2. The number of para-hydroxylation sites is 1. The van der Waals surface area contributed by atoms with Crippen molar-refractivity contribution in [3.8, 4) is 16.9 Å². The molecular weight excluding hydrogens is 430 g/mol. The van der Waals surface area contributed by atoms with Crippen molar-refractivity contribution >= 4 is 11.6 Å². The lowest BCUT2D eigenvalue weighted by Crippen LogP contribution is -2.16. The average Bonchev–Trinajstić information content (AvgIpc) is 3.23. The first-order chi connectivity index (χ1) is 16.6. The second-order valence-electron chi connectivity index (χ2n) is 7.86. The monoisotopic (exact) mass is 451 g/mol. The number of carboxylic acid groups (broad SMARTS) is 1. The van der Waals surface area contributed by atoms with Crippen LogP contribution in [0.3, 0.4) is 0 Å². The van der Waals surface area contributed by atoms with Crippen LogP contribution in [0, 0.1) is 0 Å². The maximum Gasteiger partial charge on any atom is 0.335 e. The highest BCUT2D eigenvalue weighted by Crippen LogP contribution is 2.28. The van der Waals surface area contributed by atoms with Gasteiger partial charge in [-0.05, 0) is 35.4 Å². The van der Waals surface area contributed by atoms with Crippen molar-refractivity contribution in [2.45, 2.75) is 13.0 Å². The van der Waals surface area contributed by atoms with Crippen LogP contribution < -0.4 is 10.3 Å². The Labute approximate surface area is 194 Å². The molecule has 34 heavy (non-hydrogen) atoms. The number of fused-ring (bicyclic) bond motifs is 1. The summed E-state index contributed by atoms with van der Waals surface area (Å²) in [5.41, 5.74) is 4.18. The Bertz CT molecular complexity index is 1520. The fourth-order valence-electron chi connectivity index (χ4n) is 3.93. The van der Waals surface area contributed by atoms with E-state index in [1.54, 1.807) is 12.1 Å². The number of ether oxygens (including phenoxy) is 1. The van der Waals surface area contributed by atoms with Crippen molar-refractivity contribution < 1.29 is 14.6 Å². The van der Waals surface area contributed by atoms with Crippen LogP contribution in [-0.4, -0.2) is 25.7 Å². The maximum absolute atomic E-state index is 13.0. The van der Waals surface area contributed by atoms with E-state index in [9.17, 15) is 14.7 Å². The number of H-pyrrole nitrogens is 1. The van der Waals surface area contributed by atoms with Gasteiger partial charge in [0.2, 0.25) is 0 Å². The topological polar surface area (TPSA) is 96.7 Å². The Morgan fingerprint density at radius 2 is 1.68 bits per heavy atom. The van der Waals surface area contributed by atoms with Crippen LogP contribution in [0.5, 0.6) is 5.75 Å². The molecule has 5 aromatic rings. The molecule has 0 aliphatic carbocycles. The Morgan fingerprint density at radius 3 is 2.41 bits per heavy atom. The molecule has 0 aliphatic heterocycles. The molecule has 5 rings (SSSR count). The summed E-state index contributed by atoms with van der Waals surface area (Å²) in [6, 6.07) is 27.3. The zero-order valence-corrected chi connectivity index (χ0v) is 18.1. The van der Waals surface area contributed by atoms with Gasteiger partial charge in [-0.2, -0.15) is 0 Å². The smallest absolute Gasteiger partial charge is 0.335 e. The number of carboxylic acids is 1. The third-order valence-corrected chi connectivity index (χ3v) is 5.49. The summed E-state index contributed by atoms with van der Waals surface area (Å²) >= 11 is 0. The van der Waals surface area contributed by atoms with E-state index < -0.39 is 5.97 Å². The van der Waals surface area contributed by atoms with Crippen molar-refractivity contribution in [2.75, 3.05) is 0 Å². The molecule has 0 unspecified atom stereocenters. The summed E-state index contributed by atoms with van der Waals surface area (Å²) in [5, 5.41) is 12.4. The van der Waals surface area contributed by atoms with Gasteiger partial charge in [-0.25, -0.2) is 14.3 Å². The third kappa shape index (κ3) is 4.31. The molecule has 0 saturated carbocycles. The molecule has 2 aromatic heterocycles. The lowest BCUT2D eigenvalue weighted by molar-refractivity contribution is 0.0696. The summed E-state index contributed by atoms with van der Waals surface area (Å²) in [4.78, 5) is 29.1. The van der Waals surface area contributed by atoms with E-state index in [-0.39, 0.29) is 17.7 Å². The lowest BCUT2D eigenvalue weighted by atomic mass is 10.0. The first kappa shape index (κ1) is 21.2. The molecule has 0 fully saturated rings. The molecule has 0 radical (unpaired) electrons. The molecule has 168 valence electrons. The van der Waals surface area contributed by atoms with Crippen molar-refractivity contribution in [1.29, 1.82) is 0 Å². The van der Waals surface area contributed by atoms with Crippen LogP contribution >= 0.6 is 0 Å². The van der Waals surface area contributed by atoms with E-state index in [2.05, 4.69) is 5.10 Å². The normalized spacial score (nSPS) is 10.9. The number of aromatic nitrogens is 3. The molecule has 0 amide bonds. The van der Waals surface area contributed by atoms with Gasteiger partial charge in [0, 0.05) is 12.5 Å². The van der Waals surface area contributed by atoms with Gasteiger partial charge in [0.15, 0.2) is 5.65 Å². The van der Waals surface area contributed by atoms with Crippen molar-refractivity contribution in [3.05, 3.63) is 124 Å². The largest absolute Gasteiger partial charge is 0.487 e. The highest BCUT2D eigenvalue weighted by molar-refractivity contribution is 5.87. The summed E-state index contributed by atoms with van der Waals surface area (Å²) in [6.07, 6.45) is 0.335. The number of hydrogen-bond acceptors (Lipinski definition) is 4. The second-order valence-corrected chi connectivity index (χ2v) is 7.86. The number of nitrogens with zero attached hydrogens (tertiary/aromatic N) is 2. The van der Waals surface area contributed by atoms with E-state index in [0.29, 0.717) is 17.8 Å². The molecule has 0 aliphatic rings. The molecule has 2 N–H and O–H groups in total. The number of aromatic amines is 1.